The summed E-state index contributed by atoms with van der Waals surface area (Å²) in [6, 6.07) is 14.5. The molecule has 0 unspecified atom stereocenters. The highest BCUT2D eigenvalue weighted by Gasteiger charge is 2.14. The summed E-state index contributed by atoms with van der Waals surface area (Å²) in [5.41, 5.74) is 2.87. The molecule has 0 saturated heterocycles. The molecular weight excluding hydrogens is 432 g/mol. The van der Waals surface area contributed by atoms with Crippen molar-refractivity contribution in [1.29, 1.82) is 0 Å². The largest absolute Gasteiger partial charge is 0.322 e. The second-order valence-corrected chi connectivity index (χ2v) is 7.54. The van der Waals surface area contributed by atoms with Crippen molar-refractivity contribution in [2.24, 2.45) is 0 Å². The average molecular weight is 449 g/mol. The number of hydrogen-bond acceptors (Lipinski definition) is 4. The number of carbonyl (C=O) groups excluding carboxylic acids is 1. The molecule has 1 amide bonds. The molecule has 0 spiro atoms. The van der Waals surface area contributed by atoms with Crippen LogP contribution in [0, 0.1) is 6.92 Å². The zero-order valence-electron chi connectivity index (χ0n) is 15.6. The highest BCUT2D eigenvalue weighted by atomic mass is 79.9. The molecule has 6 nitrogen and oxygen atoms in total. The first kappa shape index (κ1) is 19.0. The minimum Gasteiger partial charge on any atom is -0.322 e. The average Bonchev–Trinajstić information content (AvgIpc) is 2.70. The molecular formula is C22H17BrN4O2. The fraction of sp³-hybridized carbons (Fsp3) is 0.0909. The lowest BCUT2D eigenvalue weighted by molar-refractivity contribution is 0.102. The van der Waals surface area contributed by atoms with Gasteiger partial charge in [0.05, 0.1) is 28.7 Å². The van der Waals surface area contributed by atoms with E-state index in [2.05, 4.69) is 31.2 Å². The van der Waals surface area contributed by atoms with E-state index >= 15 is 0 Å². The maximum absolute atomic E-state index is 13.0. The predicted molar refractivity (Wildman–Crippen MR) is 116 cm³/mol. The lowest BCUT2D eigenvalue weighted by Gasteiger charge is -2.11. The Hall–Kier alpha value is -3.32. The van der Waals surface area contributed by atoms with Gasteiger partial charge in [0.1, 0.15) is 0 Å². The Labute approximate surface area is 175 Å². The van der Waals surface area contributed by atoms with Gasteiger partial charge in [-0.15, -0.1) is 0 Å². The number of anilines is 1. The molecule has 29 heavy (non-hydrogen) atoms. The number of amides is 1. The van der Waals surface area contributed by atoms with Gasteiger partial charge in [0.15, 0.2) is 0 Å². The molecule has 0 radical (unpaired) electrons. The van der Waals surface area contributed by atoms with Crippen LogP contribution in [0.25, 0.3) is 10.9 Å². The third-order valence-corrected chi connectivity index (χ3v) is 5.04. The van der Waals surface area contributed by atoms with E-state index in [0.717, 1.165) is 10.0 Å². The highest BCUT2D eigenvalue weighted by molar-refractivity contribution is 9.10. The number of nitrogens with one attached hydrogen (secondary N) is 1. The number of hydrogen-bond donors (Lipinski definition) is 1. The number of pyridine rings is 3. The number of carbonyl (C=O) groups is 1. The van der Waals surface area contributed by atoms with Gasteiger partial charge in [-0.1, -0.05) is 28.1 Å². The Bertz CT molecular complexity index is 1270. The molecule has 7 heteroatoms. The Morgan fingerprint density at radius 2 is 2.03 bits per heavy atom. The first-order chi connectivity index (χ1) is 14.0. The van der Waals surface area contributed by atoms with Crippen LogP contribution < -0.4 is 10.9 Å². The molecule has 0 bridgehead atoms. The zero-order valence-corrected chi connectivity index (χ0v) is 17.2. The summed E-state index contributed by atoms with van der Waals surface area (Å²) in [6.45, 7) is 2.16. The predicted octanol–water partition coefficient (Wildman–Crippen LogP) is 4.16. The summed E-state index contributed by atoms with van der Waals surface area (Å²) >= 11 is 3.39. The third-order valence-electron chi connectivity index (χ3n) is 4.55. The molecule has 3 heterocycles. The molecule has 4 aromatic rings. The van der Waals surface area contributed by atoms with Gasteiger partial charge in [0, 0.05) is 28.8 Å². The summed E-state index contributed by atoms with van der Waals surface area (Å²) in [4.78, 5) is 34.3. The number of rotatable bonds is 4. The fourth-order valence-electron chi connectivity index (χ4n) is 3.11. The molecule has 0 aliphatic carbocycles. The Morgan fingerprint density at radius 1 is 1.17 bits per heavy atom. The van der Waals surface area contributed by atoms with Crippen molar-refractivity contribution < 1.29 is 4.79 Å². The van der Waals surface area contributed by atoms with Crippen molar-refractivity contribution in [2.75, 3.05) is 5.32 Å². The van der Waals surface area contributed by atoms with Crippen LogP contribution in [0.3, 0.4) is 0 Å². The van der Waals surface area contributed by atoms with Gasteiger partial charge >= 0.3 is 0 Å². The lowest BCUT2D eigenvalue weighted by Crippen LogP contribution is -2.22. The number of benzene rings is 1. The third kappa shape index (κ3) is 4.09. The van der Waals surface area contributed by atoms with Crippen molar-refractivity contribution >= 4 is 38.4 Å². The van der Waals surface area contributed by atoms with Crippen LogP contribution in [0.1, 0.15) is 21.6 Å². The van der Waals surface area contributed by atoms with Crippen molar-refractivity contribution in [3.8, 4) is 0 Å². The van der Waals surface area contributed by atoms with E-state index in [-0.39, 0.29) is 11.5 Å². The van der Waals surface area contributed by atoms with E-state index in [0.29, 0.717) is 34.4 Å². The number of fused-ring (bicyclic) bond motifs is 1. The van der Waals surface area contributed by atoms with E-state index in [1.165, 1.54) is 0 Å². The molecule has 0 aliphatic rings. The van der Waals surface area contributed by atoms with Crippen LogP contribution in [-0.4, -0.2) is 20.4 Å². The SMILES string of the molecule is Cc1nc2ccn(Cc3cccnc3)c(=O)c2cc1C(=O)Nc1cccc(Br)c1. The van der Waals surface area contributed by atoms with Crippen LogP contribution in [0.2, 0.25) is 0 Å². The summed E-state index contributed by atoms with van der Waals surface area (Å²) in [7, 11) is 0. The molecule has 144 valence electrons. The second kappa shape index (κ2) is 7.97. The van der Waals surface area contributed by atoms with Crippen molar-refractivity contribution in [2.45, 2.75) is 13.5 Å². The molecule has 0 atom stereocenters. The van der Waals surface area contributed by atoms with Crippen molar-refractivity contribution in [1.82, 2.24) is 14.5 Å². The molecule has 1 aromatic carbocycles. The smallest absolute Gasteiger partial charge is 0.260 e. The van der Waals surface area contributed by atoms with Crippen LogP contribution in [-0.2, 0) is 6.54 Å². The van der Waals surface area contributed by atoms with Gasteiger partial charge in [0.25, 0.3) is 11.5 Å². The van der Waals surface area contributed by atoms with Gasteiger partial charge in [-0.2, -0.15) is 0 Å². The molecule has 1 N–H and O–H groups in total. The van der Waals surface area contributed by atoms with Gasteiger partial charge in [-0.25, -0.2) is 0 Å². The standard InChI is InChI=1S/C22H17BrN4O2/c1-14-18(21(28)26-17-6-2-5-16(23)10-17)11-19-20(25-14)7-9-27(22(19)29)13-15-4-3-8-24-12-15/h2-12H,13H2,1H3,(H,26,28). The number of aromatic nitrogens is 3. The molecule has 0 fully saturated rings. The second-order valence-electron chi connectivity index (χ2n) is 6.63. The van der Waals surface area contributed by atoms with Gasteiger partial charge in [-0.3, -0.25) is 19.6 Å². The van der Waals surface area contributed by atoms with Crippen LogP contribution in [0.5, 0.6) is 0 Å². The molecule has 0 aliphatic heterocycles. The quantitative estimate of drug-likeness (QED) is 0.508. The van der Waals surface area contributed by atoms with E-state index in [1.807, 2.05) is 30.3 Å². The minimum atomic E-state index is -0.308. The number of halogens is 1. The summed E-state index contributed by atoms with van der Waals surface area (Å²) in [5.74, 6) is -0.308. The molecule has 3 aromatic heterocycles. The van der Waals surface area contributed by atoms with Gasteiger partial charge in [0.2, 0.25) is 0 Å². The van der Waals surface area contributed by atoms with Crippen molar-refractivity contribution in [3.05, 3.63) is 98.8 Å². The minimum absolute atomic E-state index is 0.199. The first-order valence-electron chi connectivity index (χ1n) is 8.98. The Morgan fingerprint density at radius 3 is 2.79 bits per heavy atom. The zero-order chi connectivity index (χ0) is 20.4. The van der Waals surface area contributed by atoms with Crippen molar-refractivity contribution in [3.63, 3.8) is 0 Å². The first-order valence-corrected chi connectivity index (χ1v) is 9.77. The topological polar surface area (TPSA) is 76.9 Å². The Balaban J connectivity index is 1.71. The summed E-state index contributed by atoms with van der Waals surface area (Å²) in [5, 5.41) is 3.26. The lowest BCUT2D eigenvalue weighted by atomic mass is 10.1. The molecule has 0 saturated carbocycles. The van der Waals surface area contributed by atoms with Gasteiger partial charge < -0.3 is 9.88 Å². The maximum Gasteiger partial charge on any atom is 0.260 e. The van der Waals surface area contributed by atoms with Gasteiger partial charge in [-0.05, 0) is 48.9 Å². The molecule has 4 rings (SSSR count). The monoisotopic (exact) mass is 448 g/mol. The Kier molecular flexibility index (Phi) is 5.22. The maximum atomic E-state index is 13.0. The summed E-state index contributed by atoms with van der Waals surface area (Å²) < 4.78 is 2.45. The van der Waals surface area contributed by atoms with E-state index in [4.69, 9.17) is 0 Å². The summed E-state index contributed by atoms with van der Waals surface area (Å²) in [6.07, 6.45) is 5.13. The number of nitrogens with zero attached hydrogens (tertiary/aromatic N) is 3. The van der Waals surface area contributed by atoms with E-state index in [1.54, 1.807) is 48.3 Å². The normalized spacial score (nSPS) is 10.8. The fourth-order valence-corrected chi connectivity index (χ4v) is 3.51. The number of aryl methyl sites for hydroxylation is 1. The van der Waals surface area contributed by atoms with E-state index < -0.39 is 0 Å². The van der Waals surface area contributed by atoms with Crippen LogP contribution in [0.4, 0.5) is 5.69 Å². The van der Waals surface area contributed by atoms with Crippen LogP contribution in [0.15, 0.2) is 76.4 Å². The van der Waals surface area contributed by atoms with E-state index in [9.17, 15) is 9.59 Å². The van der Waals surface area contributed by atoms with Crippen LogP contribution >= 0.6 is 15.9 Å². The highest BCUT2D eigenvalue weighted by Crippen LogP contribution is 2.19.